The van der Waals surface area contributed by atoms with E-state index in [-0.39, 0.29) is 0 Å². The van der Waals surface area contributed by atoms with Crippen molar-refractivity contribution >= 4 is 0 Å². The van der Waals surface area contributed by atoms with Crippen molar-refractivity contribution in [3.63, 3.8) is 0 Å². The summed E-state index contributed by atoms with van der Waals surface area (Å²) in [6, 6.07) is 2.92. The van der Waals surface area contributed by atoms with E-state index in [0.29, 0.717) is 16.7 Å². The first kappa shape index (κ1) is 23.8. The number of unbranched alkanes of at least 4 members (excludes halogenated alkanes) is 6. The van der Waals surface area contributed by atoms with Crippen molar-refractivity contribution in [3.8, 4) is 6.07 Å². The van der Waals surface area contributed by atoms with Crippen molar-refractivity contribution in [2.24, 2.45) is 16.7 Å². The molecule has 0 aromatic carbocycles. The molecule has 0 aliphatic heterocycles. The van der Waals surface area contributed by atoms with E-state index in [1.54, 1.807) is 0 Å². The van der Waals surface area contributed by atoms with Crippen LogP contribution in [-0.2, 0) is 0 Å². The highest BCUT2D eigenvalue weighted by atomic mass is 14.5. The van der Waals surface area contributed by atoms with E-state index in [9.17, 15) is 5.26 Å². The first-order valence-corrected chi connectivity index (χ1v) is 13.1. The second-order valence-electron chi connectivity index (χ2n) is 10.5. The lowest BCUT2D eigenvalue weighted by Gasteiger charge is -2.46. The van der Waals surface area contributed by atoms with Gasteiger partial charge in [0.1, 0.15) is 0 Å². The van der Waals surface area contributed by atoms with E-state index in [4.69, 9.17) is 0 Å². The quantitative estimate of drug-likeness (QED) is 0.289. The smallest absolute Gasteiger partial charge is 0.0661 e. The summed E-state index contributed by atoms with van der Waals surface area (Å²) in [5, 5.41) is 10.3. The number of hydrogen-bond donors (Lipinski definition) is 0. The number of nitrogens with zero attached hydrogens (tertiary/aromatic N) is 1. The van der Waals surface area contributed by atoms with Gasteiger partial charge in [-0.15, -0.1) is 0 Å². The van der Waals surface area contributed by atoms with Gasteiger partial charge in [0.05, 0.1) is 12.0 Å². The Bertz CT molecular complexity index is 434. The Hall–Kier alpha value is -0.510. The minimum Gasteiger partial charge on any atom is -0.198 e. The maximum atomic E-state index is 10.3. The van der Waals surface area contributed by atoms with Gasteiger partial charge in [0.15, 0.2) is 0 Å². The largest absolute Gasteiger partial charge is 0.198 e. The van der Waals surface area contributed by atoms with Crippen molar-refractivity contribution in [2.75, 3.05) is 0 Å². The lowest BCUT2D eigenvalue weighted by atomic mass is 9.57. The Morgan fingerprint density at radius 2 is 1.21 bits per heavy atom. The van der Waals surface area contributed by atoms with Crippen molar-refractivity contribution in [1.82, 2.24) is 0 Å². The second kappa shape index (κ2) is 12.9. The third kappa shape index (κ3) is 7.07. The molecule has 0 bridgehead atoms. The molecule has 0 heterocycles. The maximum Gasteiger partial charge on any atom is 0.0661 e. The van der Waals surface area contributed by atoms with Crippen LogP contribution < -0.4 is 0 Å². The van der Waals surface area contributed by atoms with Gasteiger partial charge < -0.3 is 0 Å². The van der Waals surface area contributed by atoms with Crippen LogP contribution in [0.15, 0.2) is 0 Å². The molecule has 1 atom stereocenters. The zero-order chi connectivity index (χ0) is 20.1. The van der Waals surface area contributed by atoms with Gasteiger partial charge in [0.2, 0.25) is 0 Å². The van der Waals surface area contributed by atoms with E-state index in [0.717, 1.165) is 0 Å². The molecule has 1 heteroatoms. The normalized spacial score (nSPS) is 22.5. The first-order valence-electron chi connectivity index (χ1n) is 13.1. The van der Waals surface area contributed by atoms with Crippen LogP contribution in [-0.4, -0.2) is 0 Å². The summed E-state index contributed by atoms with van der Waals surface area (Å²) >= 11 is 0. The molecular weight excluding hydrogens is 338 g/mol. The summed E-state index contributed by atoms with van der Waals surface area (Å²) in [7, 11) is 0. The molecule has 0 aromatic rings. The van der Waals surface area contributed by atoms with Crippen LogP contribution in [0.2, 0.25) is 0 Å². The summed E-state index contributed by atoms with van der Waals surface area (Å²) in [5.41, 5.74) is 0.856. The van der Waals surface area contributed by atoms with Crippen molar-refractivity contribution in [1.29, 1.82) is 5.26 Å². The Morgan fingerprint density at radius 3 is 1.82 bits per heavy atom. The van der Waals surface area contributed by atoms with Gasteiger partial charge in [-0.25, -0.2) is 0 Å². The molecule has 0 spiro atoms. The Kier molecular flexibility index (Phi) is 11.0. The zero-order valence-electron chi connectivity index (χ0n) is 19.4. The Labute approximate surface area is 177 Å². The molecule has 1 unspecified atom stereocenters. The first-order chi connectivity index (χ1) is 13.7. The fraction of sp³-hybridized carbons (Fsp3) is 0.963. The van der Waals surface area contributed by atoms with Gasteiger partial charge in [0, 0.05) is 0 Å². The predicted octanol–water partition coefficient (Wildman–Crippen LogP) is 9.36. The van der Waals surface area contributed by atoms with Crippen LogP contribution in [0.4, 0.5) is 0 Å². The molecule has 2 aliphatic carbocycles. The van der Waals surface area contributed by atoms with Crippen LogP contribution in [0.5, 0.6) is 0 Å². The monoisotopic (exact) mass is 387 g/mol. The Balaban J connectivity index is 2.05. The molecular formula is C27H49N. The molecule has 0 amide bonds. The summed E-state index contributed by atoms with van der Waals surface area (Å²) in [6.07, 6.45) is 28.8. The average molecular weight is 388 g/mol. The van der Waals surface area contributed by atoms with Crippen LogP contribution >= 0.6 is 0 Å². The molecule has 2 fully saturated rings. The van der Waals surface area contributed by atoms with Gasteiger partial charge in [-0.1, -0.05) is 104 Å². The average Bonchev–Trinajstić information content (AvgIpc) is 2.73. The number of nitriles is 1. The van der Waals surface area contributed by atoms with Crippen LogP contribution in [0.25, 0.3) is 0 Å². The summed E-state index contributed by atoms with van der Waals surface area (Å²) in [5.74, 6) is 0.318. The highest BCUT2D eigenvalue weighted by molar-refractivity contribution is 5.02. The van der Waals surface area contributed by atoms with E-state index < -0.39 is 0 Å². The fourth-order valence-corrected chi connectivity index (χ4v) is 6.55. The van der Waals surface area contributed by atoms with Crippen molar-refractivity contribution < 1.29 is 0 Å². The molecule has 2 aliphatic rings. The van der Waals surface area contributed by atoms with Gasteiger partial charge in [-0.2, -0.15) is 5.26 Å². The highest BCUT2D eigenvalue weighted by Gasteiger charge is 2.44. The summed E-state index contributed by atoms with van der Waals surface area (Å²) < 4.78 is 0. The standard InChI is InChI=1S/C27H49N/c1-3-5-7-8-12-17-26(18-13-9-14-19-26)23-25(24-28)27(20-11-6-4-2)21-15-10-16-22-27/h25H,3-23H2,1-2H3. The van der Waals surface area contributed by atoms with E-state index in [1.807, 2.05) is 0 Å². The molecule has 1 nitrogen and oxygen atoms in total. The zero-order valence-corrected chi connectivity index (χ0v) is 19.4. The van der Waals surface area contributed by atoms with Gasteiger partial charge in [0.25, 0.3) is 0 Å². The summed E-state index contributed by atoms with van der Waals surface area (Å²) in [6.45, 7) is 4.62. The molecule has 0 aromatic heterocycles. The lowest BCUT2D eigenvalue weighted by molar-refractivity contribution is 0.0485. The van der Waals surface area contributed by atoms with Crippen LogP contribution in [0.1, 0.15) is 149 Å². The van der Waals surface area contributed by atoms with Crippen molar-refractivity contribution in [3.05, 3.63) is 0 Å². The van der Waals surface area contributed by atoms with Crippen LogP contribution in [0.3, 0.4) is 0 Å². The van der Waals surface area contributed by atoms with Crippen LogP contribution in [0, 0.1) is 28.1 Å². The molecule has 0 saturated heterocycles. The minimum atomic E-state index is 0.318. The van der Waals surface area contributed by atoms with Gasteiger partial charge >= 0.3 is 0 Å². The van der Waals surface area contributed by atoms with E-state index in [1.165, 1.54) is 135 Å². The van der Waals surface area contributed by atoms with E-state index in [2.05, 4.69) is 19.9 Å². The lowest BCUT2D eigenvalue weighted by Crippen LogP contribution is -2.37. The van der Waals surface area contributed by atoms with Gasteiger partial charge in [-0.05, 0) is 55.8 Å². The number of rotatable bonds is 13. The third-order valence-corrected chi connectivity index (χ3v) is 8.38. The molecule has 28 heavy (non-hydrogen) atoms. The predicted molar refractivity (Wildman–Crippen MR) is 122 cm³/mol. The van der Waals surface area contributed by atoms with Crippen molar-refractivity contribution in [2.45, 2.75) is 149 Å². The molecule has 0 N–H and O–H groups in total. The fourth-order valence-electron chi connectivity index (χ4n) is 6.55. The number of hydrogen-bond acceptors (Lipinski definition) is 1. The third-order valence-electron chi connectivity index (χ3n) is 8.38. The molecule has 2 rings (SSSR count). The molecule has 2 saturated carbocycles. The highest BCUT2D eigenvalue weighted by Crippen LogP contribution is 2.53. The summed E-state index contributed by atoms with van der Waals surface area (Å²) in [4.78, 5) is 0. The van der Waals surface area contributed by atoms with E-state index >= 15 is 0 Å². The topological polar surface area (TPSA) is 23.8 Å². The molecule has 0 radical (unpaired) electrons. The molecule has 162 valence electrons. The second-order valence-corrected chi connectivity index (χ2v) is 10.5. The SMILES string of the molecule is CCCCCCCC1(CC(C#N)C2(CCCCC)CCCCC2)CCCCC1. The Morgan fingerprint density at radius 1 is 0.679 bits per heavy atom. The minimum absolute atomic E-state index is 0.318. The maximum absolute atomic E-state index is 10.3. The van der Waals surface area contributed by atoms with Gasteiger partial charge in [-0.3, -0.25) is 0 Å².